The van der Waals surface area contributed by atoms with Crippen LogP contribution in [0.2, 0.25) is 0 Å². The van der Waals surface area contributed by atoms with Crippen molar-refractivity contribution in [2.24, 2.45) is 5.73 Å². The van der Waals surface area contributed by atoms with Gasteiger partial charge in [-0.1, -0.05) is 40.0 Å². The van der Waals surface area contributed by atoms with Gasteiger partial charge in [0.25, 0.3) is 0 Å². The van der Waals surface area contributed by atoms with Crippen LogP contribution in [0.4, 0.5) is 0 Å². The molecule has 0 aromatic carbocycles. The smallest absolute Gasteiger partial charge is 0.0165 e. The van der Waals surface area contributed by atoms with E-state index < -0.39 is 0 Å². The third-order valence-electron chi connectivity index (χ3n) is 1.97. The van der Waals surface area contributed by atoms with Crippen LogP contribution in [-0.4, -0.2) is 18.6 Å². The molecule has 0 spiro atoms. The van der Waals surface area contributed by atoms with Gasteiger partial charge in [0, 0.05) is 18.6 Å². The molecule has 0 saturated carbocycles. The molecule has 0 aliphatic carbocycles. The fourth-order valence-corrected chi connectivity index (χ4v) is 1.15. The molecule has 12 heavy (non-hydrogen) atoms. The third kappa shape index (κ3) is 8.02. The Morgan fingerprint density at radius 3 is 2.42 bits per heavy atom. The fourth-order valence-electron chi connectivity index (χ4n) is 1.15. The quantitative estimate of drug-likeness (QED) is 0.576. The summed E-state index contributed by atoms with van der Waals surface area (Å²) in [4.78, 5) is 0. The lowest BCUT2D eigenvalue weighted by Gasteiger charge is -2.14. The summed E-state index contributed by atoms with van der Waals surface area (Å²) >= 11 is 0. The highest BCUT2D eigenvalue weighted by atomic mass is 14.9. The first-order valence-corrected chi connectivity index (χ1v) is 5.15. The van der Waals surface area contributed by atoms with E-state index in [4.69, 9.17) is 5.73 Å². The van der Waals surface area contributed by atoms with E-state index >= 15 is 0 Å². The molecule has 1 atom stereocenters. The zero-order valence-electron chi connectivity index (χ0n) is 8.77. The fraction of sp³-hybridized carbons (Fsp3) is 1.00. The predicted octanol–water partition coefficient (Wildman–Crippen LogP) is 1.89. The number of unbranched alkanes of at least 4 members (excludes halogenated alkanes) is 2. The van der Waals surface area contributed by atoms with Crippen molar-refractivity contribution in [3.8, 4) is 0 Å². The van der Waals surface area contributed by atoms with Crippen molar-refractivity contribution in [3.63, 3.8) is 0 Å². The summed E-state index contributed by atoms with van der Waals surface area (Å²) < 4.78 is 0. The minimum atomic E-state index is 0.346. The number of nitrogens with two attached hydrogens (primary N) is 1. The Kier molecular flexibility index (Phi) is 7.51. The van der Waals surface area contributed by atoms with Gasteiger partial charge >= 0.3 is 0 Å². The van der Waals surface area contributed by atoms with Crippen molar-refractivity contribution >= 4 is 0 Å². The average Bonchev–Trinajstić information content (AvgIpc) is 2.01. The molecule has 74 valence electrons. The summed E-state index contributed by atoms with van der Waals surface area (Å²) in [5.41, 5.74) is 5.90. The minimum absolute atomic E-state index is 0.346. The van der Waals surface area contributed by atoms with E-state index in [-0.39, 0.29) is 0 Å². The summed E-state index contributed by atoms with van der Waals surface area (Å²) in [7, 11) is 0. The summed E-state index contributed by atoms with van der Waals surface area (Å²) in [5, 5.41) is 3.35. The van der Waals surface area contributed by atoms with E-state index in [9.17, 15) is 0 Å². The van der Waals surface area contributed by atoms with Crippen molar-refractivity contribution in [1.29, 1.82) is 0 Å². The van der Waals surface area contributed by atoms with E-state index in [1.165, 1.54) is 19.3 Å². The number of hydrogen-bond donors (Lipinski definition) is 2. The van der Waals surface area contributed by atoms with Crippen LogP contribution in [-0.2, 0) is 0 Å². The van der Waals surface area contributed by atoms with Gasteiger partial charge in [-0.3, -0.25) is 0 Å². The largest absolute Gasteiger partial charge is 0.327 e. The minimum Gasteiger partial charge on any atom is -0.327 e. The van der Waals surface area contributed by atoms with Crippen molar-refractivity contribution < 1.29 is 0 Å². The molecule has 0 saturated heterocycles. The Hall–Kier alpha value is -0.0800. The highest BCUT2D eigenvalue weighted by molar-refractivity contribution is 4.66. The van der Waals surface area contributed by atoms with E-state index in [1.807, 2.05) is 0 Å². The maximum atomic E-state index is 5.90. The van der Waals surface area contributed by atoms with Crippen LogP contribution in [0.5, 0.6) is 0 Å². The zero-order valence-corrected chi connectivity index (χ0v) is 8.77. The molecule has 2 nitrogen and oxygen atoms in total. The second kappa shape index (κ2) is 7.56. The van der Waals surface area contributed by atoms with Crippen LogP contribution < -0.4 is 11.1 Å². The third-order valence-corrected chi connectivity index (χ3v) is 1.97. The van der Waals surface area contributed by atoms with Gasteiger partial charge in [-0.15, -0.1) is 0 Å². The number of rotatable bonds is 7. The molecule has 0 aromatic heterocycles. The summed E-state index contributed by atoms with van der Waals surface area (Å²) in [6, 6.07) is 0.904. The van der Waals surface area contributed by atoms with Crippen LogP contribution in [0.1, 0.15) is 46.5 Å². The molecule has 0 aromatic rings. The highest BCUT2D eigenvalue weighted by Crippen LogP contribution is 2.00. The molecule has 1 unspecified atom stereocenters. The lowest BCUT2D eigenvalue weighted by molar-refractivity contribution is 0.487. The maximum absolute atomic E-state index is 5.90. The summed E-state index contributed by atoms with van der Waals surface area (Å²) in [6.07, 6.45) is 5.03. The SMILES string of the molecule is CCCCCC(N)CNC(C)C. The van der Waals surface area contributed by atoms with Gasteiger partial charge in [0.1, 0.15) is 0 Å². The van der Waals surface area contributed by atoms with Gasteiger partial charge in [0.2, 0.25) is 0 Å². The summed E-state index contributed by atoms with van der Waals surface area (Å²) in [6.45, 7) is 7.48. The Morgan fingerprint density at radius 1 is 1.25 bits per heavy atom. The maximum Gasteiger partial charge on any atom is 0.0165 e. The summed E-state index contributed by atoms with van der Waals surface area (Å²) in [5.74, 6) is 0. The second-order valence-electron chi connectivity index (χ2n) is 3.82. The predicted molar refractivity (Wildman–Crippen MR) is 55.3 cm³/mol. The van der Waals surface area contributed by atoms with Gasteiger partial charge in [0.05, 0.1) is 0 Å². The Bertz CT molecular complexity index is 91.8. The standard InChI is InChI=1S/C10H24N2/c1-4-5-6-7-10(11)8-12-9(2)3/h9-10,12H,4-8,11H2,1-3H3. The van der Waals surface area contributed by atoms with E-state index in [0.717, 1.165) is 13.0 Å². The van der Waals surface area contributed by atoms with Crippen LogP contribution in [0.15, 0.2) is 0 Å². The van der Waals surface area contributed by atoms with Crippen LogP contribution >= 0.6 is 0 Å². The van der Waals surface area contributed by atoms with E-state index in [0.29, 0.717) is 12.1 Å². The topological polar surface area (TPSA) is 38.0 Å². The molecule has 0 bridgehead atoms. The molecule has 0 aliphatic heterocycles. The Balaban J connectivity index is 3.15. The first-order valence-electron chi connectivity index (χ1n) is 5.15. The molecular formula is C10H24N2. The molecule has 2 heteroatoms. The van der Waals surface area contributed by atoms with Crippen LogP contribution in [0.25, 0.3) is 0 Å². The molecule has 0 radical (unpaired) electrons. The second-order valence-corrected chi connectivity index (χ2v) is 3.82. The molecule has 0 fully saturated rings. The number of hydrogen-bond acceptors (Lipinski definition) is 2. The first-order chi connectivity index (χ1) is 5.66. The Labute approximate surface area is 76.9 Å². The Morgan fingerprint density at radius 2 is 1.92 bits per heavy atom. The van der Waals surface area contributed by atoms with Crippen molar-refractivity contribution in [3.05, 3.63) is 0 Å². The van der Waals surface area contributed by atoms with Gasteiger partial charge in [-0.05, 0) is 6.42 Å². The van der Waals surface area contributed by atoms with Crippen molar-refractivity contribution in [2.45, 2.75) is 58.5 Å². The number of nitrogens with one attached hydrogen (secondary N) is 1. The monoisotopic (exact) mass is 172 g/mol. The molecule has 0 aliphatic rings. The van der Waals surface area contributed by atoms with Gasteiger partial charge in [-0.25, -0.2) is 0 Å². The van der Waals surface area contributed by atoms with E-state index in [2.05, 4.69) is 26.1 Å². The molecule has 0 rings (SSSR count). The van der Waals surface area contributed by atoms with Gasteiger partial charge in [-0.2, -0.15) is 0 Å². The molecule has 0 heterocycles. The lowest BCUT2D eigenvalue weighted by atomic mass is 10.1. The van der Waals surface area contributed by atoms with Crippen molar-refractivity contribution in [2.75, 3.05) is 6.54 Å². The van der Waals surface area contributed by atoms with Crippen molar-refractivity contribution in [1.82, 2.24) is 5.32 Å². The first kappa shape index (κ1) is 11.9. The molecule has 0 amide bonds. The van der Waals surface area contributed by atoms with Crippen LogP contribution in [0.3, 0.4) is 0 Å². The van der Waals surface area contributed by atoms with Gasteiger partial charge in [0.15, 0.2) is 0 Å². The molecule has 3 N–H and O–H groups in total. The normalized spacial score (nSPS) is 13.8. The highest BCUT2D eigenvalue weighted by Gasteiger charge is 2.01. The average molecular weight is 172 g/mol. The molecular weight excluding hydrogens is 148 g/mol. The lowest BCUT2D eigenvalue weighted by Crippen LogP contribution is -2.37. The van der Waals surface area contributed by atoms with Crippen LogP contribution in [0, 0.1) is 0 Å². The zero-order chi connectivity index (χ0) is 9.40. The van der Waals surface area contributed by atoms with Gasteiger partial charge < -0.3 is 11.1 Å². The van der Waals surface area contributed by atoms with E-state index in [1.54, 1.807) is 0 Å².